The minimum absolute atomic E-state index is 0.0902. The van der Waals surface area contributed by atoms with Gasteiger partial charge in [-0.05, 0) is 47.0 Å². The Hall–Kier alpha value is -2.45. The molecule has 0 fully saturated rings. The Kier molecular flexibility index (Phi) is 6.27. The molecule has 4 N–H and O–H groups in total. The van der Waals surface area contributed by atoms with Crippen LogP contribution in [0.25, 0.3) is 22.0 Å². The first-order valence-corrected chi connectivity index (χ1v) is 13.2. The van der Waals surface area contributed by atoms with Crippen molar-refractivity contribution in [1.29, 1.82) is 0 Å². The maximum Gasteiger partial charge on any atom is 0.343 e. The second-order valence-corrected chi connectivity index (χ2v) is 11.3. The summed E-state index contributed by atoms with van der Waals surface area (Å²) in [6.45, 7) is 0. The second kappa shape index (κ2) is 8.83. The van der Waals surface area contributed by atoms with Gasteiger partial charge in [0.1, 0.15) is 5.78 Å². The lowest BCUT2D eigenvalue weighted by Crippen LogP contribution is -2.36. The number of hydrogen-bond donors (Lipinski definition) is 4. The van der Waals surface area contributed by atoms with E-state index in [0.29, 0.717) is 10.6 Å². The van der Waals surface area contributed by atoms with Crippen LogP contribution >= 0.6 is 19.2 Å². The molecule has 0 saturated heterocycles. The van der Waals surface area contributed by atoms with Crippen molar-refractivity contribution in [2.75, 3.05) is 0 Å². The summed E-state index contributed by atoms with van der Waals surface area (Å²) >= 11 is 5.90. The summed E-state index contributed by atoms with van der Waals surface area (Å²) in [4.78, 5) is 22.6. The molecule has 1 atom stereocenters. The van der Waals surface area contributed by atoms with E-state index in [4.69, 9.17) is 11.6 Å². The molecular weight excluding hydrogens is 471 g/mol. The highest BCUT2D eigenvalue weighted by molar-refractivity contribution is 7.89. The van der Waals surface area contributed by atoms with Gasteiger partial charge in [-0.1, -0.05) is 54.1 Å². The molecule has 4 aromatic rings. The normalized spacial score (nSPS) is 13.3. The van der Waals surface area contributed by atoms with Crippen molar-refractivity contribution >= 4 is 40.1 Å². The number of aromatic nitrogens is 1. The fourth-order valence-corrected chi connectivity index (χ4v) is 6.05. The molecule has 0 amide bonds. The molecule has 0 bridgehead atoms. The van der Waals surface area contributed by atoms with Crippen molar-refractivity contribution in [3.63, 3.8) is 0 Å². The van der Waals surface area contributed by atoms with E-state index in [1.807, 2.05) is 30.3 Å². The predicted octanol–water partition coefficient (Wildman–Crippen LogP) is 4.51. The second-order valence-electron chi connectivity index (χ2n) is 7.32. The fourth-order valence-electron chi connectivity index (χ4n) is 3.45. The zero-order valence-electron chi connectivity index (χ0n) is 16.6. The molecule has 0 aliphatic rings. The van der Waals surface area contributed by atoms with E-state index in [1.165, 1.54) is 12.1 Å². The van der Waals surface area contributed by atoms with Crippen LogP contribution in [0, 0.1) is 0 Å². The topological polar surface area (TPSA) is 119 Å². The highest BCUT2D eigenvalue weighted by Crippen LogP contribution is 2.42. The van der Waals surface area contributed by atoms with Crippen molar-refractivity contribution in [3.05, 3.63) is 89.6 Å². The van der Waals surface area contributed by atoms with E-state index < -0.39 is 23.4 Å². The van der Waals surface area contributed by atoms with Crippen LogP contribution in [0.2, 0.25) is 5.02 Å². The van der Waals surface area contributed by atoms with E-state index in [0.717, 1.165) is 22.0 Å². The van der Waals surface area contributed by atoms with Gasteiger partial charge in [0.2, 0.25) is 10.0 Å². The number of H-pyrrole nitrogens is 1. The maximum atomic E-state index is 12.9. The molecule has 0 saturated carbocycles. The number of fused-ring (bicyclic) bond motifs is 1. The molecule has 0 spiro atoms. The first-order valence-electron chi connectivity index (χ1n) is 9.62. The predicted molar refractivity (Wildman–Crippen MR) is 125 cm³/mol. The van der Waals surface area contributed by atoms with Crippen molar-refractivity contribution < 1.29 is 22.8 Å². The Labute approximate surface area is 190 Å². The average Bonchev–Trinajstić information content (AvgIpc) is 3.16. The standard InChI is InChI=1S/C22H20ClN2O5PS/c23-18-9-5-15(6-10-18)16-7-11-19(12-8-16)32(29,30)25-22(31(26,27)28)13-17-14-24-21-4-2-1-3-20(17)21/h1-12,14,22,24-25H,13H2,(H2,26,27,28)/t22-/m1/s1. The van der Waals surface area contributed by atoms with Gasteiger partial charge >= 0.3 is 7.60 Å². The summed E-state index contributed by atoms with van der Waals surface area (Å²) in [5, 5.41) is 1.37. The first kappa shape index (κ1) is 22.7. The van der Waals surface area contributed by atoms with Gasteiger partial charge in [-0.2, -0.15) is 4.72 Å². The zero-order valence-corrected chi connectivity index (χ0v) is 19.1. The third kappa shape index (κ3) is 4.96. The van der Waals surface area contributed by atoms with Crippen LogP contribution in [0.5, 0.6) is 0 Å². The summed E-state index contributed by atoms with van der Waals surface area (Å²) in [6, 6.07) is 20.4. The summed E-state index contributed by atoms with van der Waals surface area (Å²) < 4.78 is 40.1. The number of benzene rings is 3. The van der Waals surface area contributed by atoms with Gasteiger partial charge in [0.25, 0.3) is 0 Å². The molecule has 0 aliphatic carbocycles. The lowest BCUT2D eigenvalue weighted by atomic mass is 10.1. The molecule has 10 heteroatoms. The number of hydrogen-bond acceptors (Lipinski definition) is 3. The number of para-hydroxylation sites is 1. The van der Waals surface area contributed by atoms with Gasteiger partial charge in [-0.3, -0.25) is 4.57 Å². The van der Waals surface area contributed by atoms with E-state index in [2.05, 4.69) is 9.71 Å². The van der Waals surface area contributed by atoms with E-state index in [1.54, 1.807) is 36.5 Å². The van der Waals surface area contributed by atoms with Crippen LogP contribution in [-0.4, -0.2) is 29.0 Å². The zero-order chi connectivity index (χ0) is 22.9. The molecule has 0 radical (unpaired) electrons. The highest BCUT2D eigenvalue weighted by atomic mass is 35.5. The van der Waals surface area contributed by atoms with Crippen LogP contribution in [-0.2, 0) is 21.0 Å². The smallest absolute Gasteiger partial charge is 0.343 e. The Morgan fingerprint density at radius 1 is 0.938 bits per heavy atom. The molecule has 1 aromatic heterocycles. The Morgan fingerprint density at radius 2 is 1.53 bits per heavy atom. The van der Waals surface area contributed by atoms with Crippen LogP contribution < -0.4 is 4.72 Å². The Bertz CT molecular complexity index is 1400. The summed E-state index contributed by atoms with van der Waals surface area (Å²) in [5.74, 6) is -1.61. The average molecular weight is 491 g/mol. The highest BCUT2D eigenvalue weighted by Gasteiger charge is 2.34. The van der Waals surface area contributed by atoms with E-state index in [9.17, 15) is 22.8 Å². The largest absolute Gasteiger partial charge is 0.361 e. The van der Waals surface area contributed by atoms with Gasteiger partial charge in [-0.25, -0.2) is 8.42 Å². The molecule has 1 heterocycles. The van der Waals surface area contributed by atoms with Crippen molar-refractivity contribution in [2.24, 2.45) is 0 Å². The molecule has 4 rings (SSSR count). The minimum Gasteiger partial charge on any atom is -0.361 e. The van der Waals surface area contributed by atoms with Crippen molar-refractivity contribution in [2.45, 2.75) is 17.1 Å². The van der Waals surface area contributed by atoms with Crippen LogP contribution in [0.15, 0.2) is 83.9 Å². The number of halogens is 1. The van der Waals surface area contributed by atoms with Gasteiger partial charge in [0.15, 0.2) is 0 Å². The fraction of sp³-hybridized carbons (Fsp3) is 0.0909. The molecule has 0 aliphatic heterocycles. The van der Waals surface area contributed by atoms with E-state index in [-0.39, 0.29) is 11.3 Å². The van der Waals surface area contributed by atoms with Gasteiger partial charge in [0, 0.05) is 28.5 Å². The van der Waals surface area contributed by atoms with Crippen LogP contribution in [0.3, 0.4) is 0 Å². The summed E-state index contributed by atoms with van der Waals surface area (Å²) in [7, 11) is -8.97. The number of sulfonamides is 1. The van der Waals surface area contributed by atoms with Crippen molar-refractivity contribution in [1.82, 2.24) is 9.71 Å². The maximum absolute atomic E-state index is 12.9. The van der Waals surface area contributed by atoms with Gasteiger partial charge in [-0.15, -0.1) is 0 Å². The monoisotopic (exact) mass is 490 g/mol. The Morgan fingerprint density at radius 3 is 2.16 bits per heavy atom. The number of nitrogens with one attached hydrogen (secondary N) is 2. The molecule has 3 aromatic carbocycles. The quantitative estimate of drug-likeness (QED) is 0.284. The summed E-state index contributed by atoms with van der Waals surface area (Å²) in [6.07, 6.45) is 1.46. The number of aromatic amines is 1. The molecule has 7 nitrogen and oxygen atoms in total. The lowest BCUT2D eigenvalue weighted by molar-refractivity contribution is 0.353. The van der Waals surface area contributed by atoms with Gasteiger partial charge in [0.05, 0.1) is 4.90 Å². The molecule has 32 heavy (non-hydrogen) atoms. The summed E-state index contributed by atoms with van der Waals surface area (Å²) in [5.41, 5.74) is 3.05. The Balaban J connectivity index is 1.59. The first-order chi connectivity index (χ1) is 15.1. The minimum atomic E-state index is -4.79. The van der Waals surface area contributed by atoms with Crippen LogP contribution in [0.4, 0.5) is 0 Å². The van der Waals surface area contributed by atoms with E-state index >= 15 is 0 Å². The SMILES string of the molecule is O=P(O)(O)[C@H](Cc1c[nH]c2ccccc12)NS(=O)(=O)c1ccc(-c2ccc(Cl)cc2)cc1. The number of rotatable bonds is 7. The molecule has 0 unspecified atom stereocenters. The van der Waals surface area contributed by atoms with Gasteiger partial charge < -0.3 is 14.8 Å². The lowest BCUT2D eigenvalue weighted by Gasteiger charge is -2.20. The van der Waals surface area contributed by atoms with Crippen molar-refractivity contribution in [3.8, 4) is 11.1 Å². The van der Waals surface area contributed by atoms with Crippen LogP contribution in [0.1, 0.15) is 5.56 Å². The third-order valence-corrected chi connectivity index (χ3v) is 8.17. The molecule has 166 valence electrons. The molecular formula is C22H20ClN2O5PS. The third-order valence-electron chi connectivity index (χ3n) is 5.13.